The van der Waals surface area contributed by atoms with Crippen LogP contribution in [0.15, 0.2) is 59.2 Å². The number of aromatic nitrogens is 2. The van der Waals surface area contributed by atoms with Crippen molar-refractivity contribution in [3.63, 3.8) is 0 Å². The van der Waals surface area contributed by atoms with E-state index in [1.807, 2.05) is 22.0 Å². The lowest BCUT2D eigenvalue weighted by Gasteiger charge is -2.03. The summed E-state index contributed by atoms with van der Waals surface area (Å²) in [7, 11) is 0. The van der Waals surface area contributed by atoms with Crippen LogP contribution in [0.1, 0.15) is 16.8 Å². The number of fused-ring (bicyclic) bond motifs is 1. The molecule has 2 heterocycles. The fraction of sp³-hybridized carbons (Fsp3) is 0.100. The number of hydrogen-bond donors (Lipinski definition) is 0. The van der Waals surface area contributed by atoms with Crippen molar-refractivity contribution in [1.29, 1.82) is 0 Å². The van der Waals surface area contributed by atoms with Crippen LogP contribution in [0.3, 0.4) is 0 Å². The molecule has 4 rings (SSSR count). The molecule has 0 atom stereocenters. The van der Waals surface area contributed by atoms with Crippen LogP contribution in [0.4, 0.5) is 0 Å². The zero-order chi connectivity index (χ0) is 18.8. The molecule has 0 N–H and O–H groups in total. The molecule has 0 saturated heterocycles. The highest BCUT2D eigenvalue weighted by Gasteiger charge is 2.13. The van der Waals surface area contributed by atoms with Gasteiger partial charge in [-0.3, -0.25) is 4.40 Å². The van der Waals surface area contributed by atoms with Gasteiger partial charge in [0.1, 0.15) is 6.61 Å². The number of nitrogens with zero attached hydrogens (tertiary/aromatic N) is 3. The monoisotopic (exact) mass is 415 g/mol. The average Bonchev–Trinajstić information content (AvgIpc) is 3.24. The average molecular weight is 416 g/mol. The quantitative estimate of drug-likeness (QED) is 0.286. The summed E-state index contributed by atoms with van der Waals surface area (Å²) < 4.78 is 2.01. The molecule has 0 fully saturated rings. The molecule has 0 amide bonds. The van der Waals surface area contributed by atoms with Gasteiger partial charge >= 0.3 is 0 Å². The lowest BCUT2D eigenvalue weighted by Crippen LogP contribution is -1.93. The van der Waals surface area contributed by atoms with E-state index < -0.39 is 0 Å². The van der Waals surface area contributed by atoms with Crippen molar-refractivity contribution in [2.24, 2.45) is 5.16 Å². The molecule has 4 nitrogen and oxygen atoms in total. The maximum atomic E-state index is 6.02. The highest BCUT2D eigenvalue weighted by atomic mass is 35.5. The lowest BCUT2D eigenvalue weighted by molar-refractivity contribution is 0.132. The molecule has 0 aliphatic heterocycles. The number of aryl methyl sites for hydroxylation is 1. The van der Waals surface area contributed by atoms with Crippen LogP contribution in [-0.4, -0.2) is 15.6 Å². The Balaban J connectivity index is 1.58. The summed E-state index contributed by atoms with van der Waals surface area (Å²) in [6, 6.07) is 13.7. The predicted molar refractivity (Wildman–Crippen MR) is 112 cm³/mol. The second kappa shape index (κ2) is 7.72. The molecule has 0 saturated carbocycles. The fourth-order valence-electron chi connectivity index (χ4n) is 2.68. The van der Waals surface area contributed by atoms with Gasteiger partial charge in [-0.1, -0.05) is 64.3 Å². The number of halogens is 2. The first-order valence-corrected chi connectivity index (χ1v) is 9.87. The topological polar surface area (TPSA) is 38.9 Å². The van der Waals surface area contributed by atoms with Gasteiger partial charge in [0.25, 0.3) is 0 Å². The van der Waals surface area contributed by atoms with Gasteiger partial charge in [0, 0.05) is 17.1 Å². The molecule has 2 aromatic carbocycles. The van der Waals surface area contributed by atoms with E-state index in [1.165, 1.54) is 5.56 Å². The molecule has 0 radical (unpaired) electrons. The van der Waals surface area contributed by atoms with Crippen LogP contribution in [0.25, 0.3) is 16.2 Å². The third-order valence-electron chi connectivity index (χ3n) is 4.09. The van der Waals surface area contributed by atoms with Gasteiger partial charge in [-0.2, -0.15) is 0 Å². The molecular formula is C20H15Cl2N3OS. The summed E-state index contributed by atoms with van der Waals surface area (Å²) >= 11 is 13.5. The van der Waals surface area contributed by atoms with Gasteiger partial charge in [0.05, 0.1) is 27.6 Å². The molecule has 0 aliphatic carbocycles. The molecule has 136 valence electrons. The highest BCUT2D eigenvalue weighted by molar-refractivity contribution is 7.15. The molecule has 2 aromatic heterocycles. The van der Waals surface area contributed by atoms with Gasteiger partial charge in [-0.15, -0.1) is 11.3 Å². The Hall–Kier alpha value is -2.34. The van der Waals surface area contributed by atoms with E-state index in [0.29, 0.717) is 16.7 Å². The Bertz CT molecular complexity index is 1120. The van der Waals surface area contributed by atoms with Crippen LogP contribution in [0, 0.1) is 6.92 Å². The van der Waals surface area contributed by atoms with Crippen LogP contribution in [0.5, 0.6) is 0 Å². The first-order chi connectivity index (χ1) is 13.1. The number of oxime groups is 1. The Kier molecular flexibility index (Phi) is 5.16. The van der Waals surface area contributed by atoms with E-state index in [2.05, 4.69) is 36.3 Å². The summed E-state index contributed by atoms with van der Waals surface area (Å²) in [5.41, 5.74) is 4.91. The smallest absolute Gasteiger partial charge is 0.194 e. The predicted octanol–water partition coefficient (Wildman–Crippen LogP) is 6.23. The normalized spacial score (nSPS) is 11.5. The first-order valence-electron chi connectivity index (χ1n) is 8.23. The van der Waals surface area contributed by atoms with E-state index in [0.717, 1.165) is 27.5 Å². The van der Waals surface area contributed by atoms with Crippen molar-refractivity contribution >= 4 is 45.7 Å². The van der Waals surface area contributed by atoms with Crippen LogP contribution in [0.2, 0.25) is 10.0 Å². The van der Waals surface area contributed by atoms with Gasteiger partial charge in [0.2, 0.25) is 0 Å². The van der Waals surface area contributed by atoms with Crippen LogP contribution < -0.4 is 0 Å². The number of imidazole rings is 1. The number of thiazole rings is 1. The molecule has 0 spiro atoms. The second-order valence-corrected chi connectivity index (χ2v) is 7.71. The maximum Gasteiger partial charge on any atom is 0.194 e. The van der Waals surface area contributed by atoms with Crippen molar-refractivity contribution in [3.05, 3.63) is 80.9 Å². The van der Waals surface area contributed by atoms with Gasteiger partial charge in [0.15, 0.2) is 4.96 Å². The lowest BCUT2D eigenvalue weighted by atomic mass is 10.1. The van der Waals surface area contributed by atoms with Crippen molar-refractivity contribution in [3.8, 4) is 11.3 Å². The molecule has 7 heteroatoms. The van der Waals surface area contributed by atoms with Gasteiger partial charge in [-0.25, -0.2) is 4.98 Å². The highest BCUT2D eigenvalue weighted by Crippen LogP contribution is 2.26. The number of benzene rings is 2. The first kappa shape index (κ1) is 18.0. The third-order valence-corrected chi connectivity index (χ3v) is 5.58. The van der Waals surface area contributed by atoms with Gasteiger partial charge < -0.3 is 4.84 Å². The zero-order valence-corrected chi connectivity index (χ0v) is 16.7. The molecule has 0 bridgehead atoms. The van der Waals surface area contributed by atoms with E-state index in [1.54, 1.807) is 29.7 Å². The molecule has 0 aliphatic rings. The molecule has 0 unspecified atom stereocenters. The van der Waals surface area contributed by atoms with Crippen molar-refractivity contribution < 1.29 is 4.84 Å². The summed E-state index contributed by atoms with van der Waals surface area (Å²) in [6.45, 7) is 2.37. The summed E-state index contributed by atoms with van der Waals surface area (Å²) in [4.78, 5) is 11.1. The minimum absolute atomic E-state index is 0.304. The van der Waals surface area contributed by atoms with Crippen molar-refractivity contribution in [2.75, 3.05) is 0 Å². The van der Waals surface area contributed by atoms with Crippen molar-refractivity contribution in [1.82, 2.24) is 9.38 Å². The number of rotatable bonds is 5. The van der Waals surface area contributed by atoms with E-state index in [4.69, 9.17) is 33.0 Å². The maximum absolute atomic E-state index is 6.02. The zero-order valence-electron chi connectivity index (χ0n) is 14.4. The van der Waals surface area contributed by atoms with Crippen LogP contribution in [-0.2, 0) is 11.4 Å². The largest absolute Gasteiger partial charge is 0.391 e. The Morgan fingerprint density at radius 1 is 1.15 bits per heavy atom. The van der Waals surface area contributed by atoms with Gasteiger partial charge in [-0.05, 0) is 24.6 Å². The summed E-state index contributed by atoms with van der Waals surface area (Å²) in [6.07, 6.45) is 3.67. The minimum Gasteiger partial charge on any atom is -0.391 e. The van der Waals surface area contributed by atoms with Crippen LogP contribution >= 0.6 is 34.5 Å². The molecule has 27 heavy (non-hydrogen) atoms. The van der Waals surface area contributed by atoms with E-state index >= 15 is 0 Å². The van der Waals surface area contributed by atoms with E-state index in [-0.39, 0.29) is 0 Å². The number of hydrogen-bond acceptors (Lipinski definition) is 4. The molecule has 4 aromatic rings. The minimum atomic E-state index is 0.304. The third kappa shape index (κ3) is 3.86. The Morgan fingerprint density at radius 3 is 2.74 bits per heavy atom. The Morgan fingerprint density at radius 2 is 1.96 bits per heavy atom. The standard InChI is InChI=1S/C20H15Cl2N3OS/c1-13-2-5-15(6-3-13)19-18(25-8-9-27-20(25)24-19)11-23-26-12-14-4-7-16(21)17(22)10-14/h2-11H,12H2,1H3. The van der Waals surface area contributed by atoms with E-state index in [9.17, 15) is 0 Å². The fourth-order valence-corrected chi connectivity index (χ4v) is 3.72. The van der Waals surface area contributed by atoms with Crippen molar-refractivity contribution in [2.45, 2.75) is 13.5 Å². The summed E-state index contributed by atoms with van der Waals surface area (Å²) in [5.74, 6) is 0. The Labute approximate surface area is 170 Å². The molecular weight excluding hydrogens is 401 g/mol. The summed E-state index contributed by atoms with van der Waals surface area (Å²) in [5, 5.41) is 7.15. The second-order valence-electron chi connectivity index (χ2n) is 6.02. The SMILES string of the molecule is Cc1ccc(-c2nc3sccn3c2C=NOCc2ccc(Cl)c(Cl)c2)cc1.